The Morgan fingerprint density at radius 1 is 1.12 bits per heavy atom. The Balaban J connectivity index is 1.96. The van der Waals surface area contributed by atoms with E-state index in [9.17, 15) is 9.59 Å². The predicted octanol–water partition coefficient (Wildman–Crippen LogP) is 2.75. The molecule has 25 heavy (non-hydrogen) atoms. The number of carbonyl (C=O) groups is 2. The first-order valence-corrected chi connectivity index (χ1v) is 8.84. The molecule has 1 N–H and O–H groups in total. The molecule has 0 radical (unpaired) electrons. The highest BCUT2D eigenvalue weighted by Gasteiger charge is 2.21. The molecule has 0 atom stereocenters. The zero-order valence-electron chi connectivity index (χ0n) is 15.3. The average Bonchev–Trinajstić information content (AvgIpc) is 2.65. The first-order chi connectivity index (χ1) is 12.1. The van der Waals surface area contributed by atoms with Gasteiger partial charge in [-0.05, 0) is 25.0 Å². The predicted molar refractivity (Wildman–Crippen MR) is 97.2 cm³/mol. The third-order valence-electron chi connectivity index (χ3n) is 4.67. The van der Waals surface area contributed by atoms with Crippen LogP contribution in [0.2, 0.25) is 0 Å². The number of nitrogens with one attached hydrogen (secondary N) is 1. The van der Waals surface area contributed by atoms with Crippen LogP contribution in [-0.2, 0) is 9.59 Å². The fraction of sp³-hybridized carbons (Fsp3) is 0.579. The molecule has 2 rings (SSSR count). The van der Waals surface area contributed by atoms with Crippen LogP contribution in [0.15, 0.2) is 18.2 Å². The number of anilines is 1. The lowest BCUT2D eigenvalue weighted by Crippen LogP contribution is -2.40. The lowest BCUT2D eigenvalue weighted by molar-refractivity contribution is -0.126. The Kier molecular flexibility index (Phi) is 7.10. The van der Waals surface area contributed by atoms with Crippen molar-refractivity contribution in [1.29, 1.82) is 0 Å². The van der Waals surface area contributed by atoms with Crippen LogP contribution in [0.5, 0.6) is 11.5 Å². The summed E-state index contributed by atoms with van der Waals surface area (Å²) in [5.74, 6) is 1.33. The third-order valence-corrected chi connectivity index (χ3v) is 4.67. The van der Waals surface area contributed by atoms with Crippen LogP contribution < -0.4 is 19.7 Å². The highest BCUT2D eigenvalue weighted by Crippen LogP contribution is 2.31. The highest BCUT2D eigenvalue weighted by atomic mass is 16.5. The van der Waals surface area contributed by atoms with Crippen LogP contribution in [0.4, 0.5) is 5.69 Å². The van der Waals surface area contributed by atoms with Crippen LogP contribution in [0.25, 0.3) is 0 Å². The van der Waals surface area contributed by atoms with Crippen molar-refractivity contribution >= 4 is 17.5 Å². The average molecular weight is 348 g/mol. The second kappa shape index (κ2) is 9.30. The van der Waals surface area contributed by atoms with Gasteiger partial charge in [-0.3, -0.25) is 9.59 Å². The van der Waals surface area contributed by atoms with Crippen molar-refractivity contribution in [3.05, 3.63) is 18.2 Å². The van der Waals surface area contributed by atoms with E-state index in [1.807, 2.05) is 6.07 Å². The van der Waals surface area contributed by atoms with Crippen molar-refractivity contribution in [2.75, 3.05) is 32.2 Å². The zero-order chi connectivity index (χ0) is 18.2. The van der Waals surface area contributed by atoms with E-state index in [0.717, 1.165) is 31.4 Å². The summed E-state index contributed by atoms with van der Waals surface area (Å²) in [4.78, 5) is 25.9. The molecule has 1 aliphatic rings. The Bertz CT molecular complexity index is 597. The largest absolute Gasteiger partial charge is 0.493 e. The van der Waals surface area contributed by atoms with Gasteiger partial charge in [-0.2, -0.15) is 0 Å². The SMILES string of the molecule is COc1ccc(N(CCNC(=O)C2CCCCC2)C(C)=O)cc1OC. The van der Waals surface area contributed by atoms with Gasteiger partial charge in [0.1, 0.15) is 0 Å². The molecular weight excluding hydrogens is 320 g/mol. The molecule has 0 heterocycles. The summed E-state index contributed by atoms with van der Waals surface area (Å²) in [7, 11) is 3.13. The number of carbonyl (C=O) groups excluding carboxylic acids is 2. The Morgan fingerprint density at radius 3 is 2.40 bits per heavy atom. The topological polar surface area (TPSA) is 67.9 Å². The number of rotatable bonds is 7. The van der Waals surface area contributed by atoms with Gasteiger partial charge >= 0.3 is 0 Å². The van der Waals surface area contributed by atoms with E-state index in [1.54, 1.807) is 31.3 Å². The number of nitrogens with zero attached hydrogens (tertiary/aromatic N) is 1. The van der Waals surface area contributed by atoms with Gasteiger partial charge in [0.15, 0.2) is 11.5 Å². The van der Waals surface area contributed by atoms with E-state index in [1.165, 1.54) is 13.3 Å². The third kappa shape index (κ3) is 5.11. The number of hydrogen-bond donors (Lipinski definition) is 1. The van der Waals surface area contributed by atoms with Crippen molar-refractivity contribution < 1.29 is 19.1 Å². The van der Waals surface area contributed by atoms with Gasteiger partial charge in [-0.1, -0.05) is 19.3 Å². The zero-order valence-corrected chi connectivity index (χ0v) is 15.3. The maximum atomic E-state index is 12.2. The van der Waals surface area contributed by atoms with Crippen molar-refractivity contribution in [2.24, 2.45) is 5.92 Å². The molecule has 0 spiro atoms. The lowest BCUT2D eigenvalue weighted by atomic mass is 9.89. The Labute approximate surface area is 149 Å². The summed E-state index contributed by atoms with van der Waals surface area (Å²) in [5, 5.41) is 2.97. The number of benzene rings is 1. The summed E-state index contributed by atoms with van der Waals surface area (Å²) < 4.78 is 10.5. The van der Waals surface area contributed by atoms with Crippen molar-refractivity contribution in [3.8, 4) is 11.5 Å². The van der Waals surface area contributed by atoms with Gasteiger partial charge in [-0.15, -0.1) is 0 Å². The van der Waals surface area contributed by atoms with E-state index in [-0.39, 0.29) is 17.7 Å². The minimum absolute atomic E-state index is 0.0841. The number of methoxy groups -OCH3 is 2. The highest BCUT2D eigenvalue weighted by molar-refractivity contribution is 5.92. The molecular formula is C19H28N2O4. The normalized spacial score (nSPS) is 14.7. The number of hydrogen-bond acceptors (Lipinski definition) is 4. The van der Waals surface area contributed by atoms with Gasteiger partial charge in [0.05, 0.1) is 14.2 Å². The summed E-state index contributed by atoms with van der Waals surface area (Å²) in [6.45, 7) is 2.37. The molecule has 0 unspecified atom stereocenters. The van der Waals surface area contributed by atoms with E-state index in [0.29, 0.717) is 24.6 Å². The minimum atomic E-state index is -0.0841. The first-order valence-electron chi connectivity index (χ1n) is 8.84. The molecule has 1 saturated carbocycles. The second-order valence-corrected chi connectivity index (χ2v) is 6.34. The van der Waals surface area contributed by atoms with Gasteiger partial charge in [0.25, 0.3) is 0 Å². The van der Waals surface area contributed by atoms with Gasteiger partial charge in [-0.25, -0.2) is 0 Å². The quantitative estimate of drug-likeness (QED) is 0.823. The molecule has 6 heteroatoms. The van der Waals surface area contributed by atoms with Crippen molar-refractivity contribution in [1.82, 2.24) is 5.32 Å². The molecule has 1 aromatic carbocycles. The van der Waals surface area contributed by atoms with E-state index in [4.69, 9.17) is 9.47 Å². The van der Waals surface area contributed by atoms with Crippen LogP contribution in [-0.4, -0.2) is 39.1 Å². The van der Waals surface area contributed by atoms with Gasteiger partial charge in [0.2, 0.25) is 11.8 Å². The summed E-state index contributed by atoms with van der Waals surface area (Å²) in [6, 6.07) is 5.35. The molecule has 6 nitrogen and oxygen atoms in total. The van der Waals surface area contributed by atoms with Crippen LogP contribution >= 0.6 is 0 Å². The van der Waals surface area contributed by atoms with Crippen LogP contribution in [0.1, 0.15) is 39.0 Å². The van der Waals surface area contributed by atoms with Crippen LogP contribution in [0.3, 0.4) is 0 Å². The summed E-state index contributed by atoms with van der Waals surface area (Å²) in [5.41, 5.74) is 0.720. The van der Waals surface area contributed by atoms with E-state index in [2.05, 4.69) is 5.32 Å². The molecule has 0 aliphatic heterocycles. The van der Waals surface area contributed by atoms with Crippen LogP contribution in [0, 0.1) is 5.92 Å². The molecule has 1 aromatic rings. The molecule has 0 bridgehead atoms. The van der Waals surface area contributed by atoms with Gasteiger partial charge < -0.3 is 19.7 Å². The molecule has 2 amide bonds. The maximum absolute atomic E-state index is 12.2. The molecule has 1 fully saturated rings. The molecule has 138 valence electrons. The molecule has 0 saturated heterocycles. The first kappa shape index (κ1) is 19.1. The molecule has 0 aromatic heterocycles. The van der Waals surface area contributed by atoms with E-state index >= 15 is 0 Å². The maximum Gasteiger partial charge on any atom is 0.223 e. The standard InChI is InChI=1S/C19H28N2O4/c1-14(22)21(16-9-10-17(24-2)18(13-16)25-3)12-11-20-19(23)15-7-5-4-6-8-15/h9-10,13,15H,4-8,11-12H2,1-3H3,(H,20,23). The monoisotopic (exact) mass is 348 g/mol. The van der Waals surface area contributed by atoms with Crippen molar-refractivity contribution in [3.63, 3.8) is 0 Å². The van der Waals surface area contributed by atoms with E-state index < -0.39 is 0 Å². The lowest BCUT2D eigenvalue weighted by Gasteiger charge is -2.24. The summed E-state index contributed by atoms with van der Waals surface area (Å²) in [6.07, 6.45) is 5.42. The fourth-order valence-electron chi connectivity index (χ4n) is 3.26. The molecule has 1 aliphatic carbocycles. The van der Waals surface area contributed by atoms with Gasteiger partial charge in [0, 0.05) is 37.7 Å². The van der Waals surface area contributed by atoms with Crippen molar-refractivity contribution in [2.45, 2.75) is 39.0 Å². The minimum Gasteiger partial charge on any atom is -0.493 e. The number of ether oxygens (including phenoxy) is 2. The second-order valence-electron chi connectivity index (χ2n) is 6.34. The number of amides is 2. The Morgan fingerprint density at radius 2 is 1.80 bits per heavy atom. The Hall–Kier alpha value is -2.24. The fourth-order valence-corrected chi connectivity index (χ4v) is 3.26. The summed E-state index contributed by atoms with van der Waals surface area (Å²) >= 11 is 0. The smallest absolute Gasteiger partial charge is 0.223 e.